The number of benzene rings is 1. The number of aromatic nitrogens is 2. The van der Waals surface area contributed by atoms with E-state index in [1.54, 1.807) is 6.92 Å². The molecule has 0 saturated heterocycles. The van der Waals surface area contributed by atoms with Gasteiger partial charge in [-0.15, -0.1) is 0 Å². The molecule has 0 bridgehead atoms. The second kappa shape index (κ2) is 6.79. The van der Waals surface area contributed by atoms with Gasteiger partial charge in [0.15, 0.2) is 0 Å². The molecule has 0 amide bonds. The van der Waals surface area contributed by atoms with Gasteiger partial charge in [-0.05, 0) is 26.8 Å². The molecule has 0 aliphatic heterocycles. The lowest BCUT2D eigenvalue weighted by Gasteiger charge is -2.31. The Morgan fingerprint density at radius 3 is 2.48 bits per heavy atom. The molecule has 1 aromatic heterocycles. The summed E-state index contributed by atoms with van der Waals surface area (Å²) in [5.41, 5.74) is 0.347. The van der Waals surface area contributed by atoms with Crippen molar-refractivity contribution in [2.24, 2.45) is 0 Å². The topological polar surface area (TPSA) is 112 Å². The van der Waals surface area contributed by atoms with E-state index in [0.717, 1.165) is 12.8 Å². The van der Waals surface area contributed by atoms with Crippen LogP contribution in [0.5, 0.6) is 0 Å². The summed E-state index contributed by atoms with van der Waals surface area (Å²) < 4.78 is 0. The number of hydrogen-bond donors (Lipinski definition) is 2. The Bertz CT molecular complexity index is 925. The lowest BCUT2D eigenvalue weighted by atomic mass is 9.93. The average Bonchev–Trinajstić information content (AvgIpc) is 2.59. The molecule has 0 radical (unpaired) electrons. The molecule has 0 spiro atoms. The molecule has 134 valence electrons. The Labute approximate surface area is 144 Å². The van der Waals surface area contributed by atoms with Crippen LogP contribution < -0.4 is 11.1 Å². The van der Waals surface area contributed by atoms with Crippen molar-refractivity contribution in [3.05, 3.63) is 48.0 Å². The van der Waals surface area contributed by atoms with Gasteiger partial charge < -0.3 is 9.97 Å². The van der Waals surface area contributed by atoms with Crippen molar-refractivity contribution in [3.8, 4) is 0 Å². The van der Waals surface area contributed by atoms with Crippen molar-refractivity contribution in [2.45, 2.75) is 51.6 Å². The van der Waals surface area contributed by atoms with Gasteiger partial charge >= 0.3 is 11.1 Å². The number of hydrogen-bond acceptors (Lipinski definition) is 5. The molecular weight excluding hydrogens is 324 g/mol. The van der Waals surface area contributed by atoms with Crippen LogP contribution in [0.15, 0.2) is 15.7 Å². The highest BCUT2D eigenvalue weighted by molar-refractivity contribution is 5.82. The minimum absolute atomic E-state index is 0.0535. The zero-order valence-corrected chi connectivity index (χ0v) is 14.4. The van der Waals surface area contributed by atoms with Gasteiger partial charge in [0.05, 0.1) is 16.0 Å². The third kappa shape index (κ3) is 3.34. The number of nitrogens with one attached hydrogen (secondary N) is 2. The molecule has 3 rings (SSSR count). The van der Waals surface area contributed by atoms with Gasteiger partial charge in [-0.3, -0.25) is 24.6 Å². The Morgan fingerprint density at radius 2 is 1.84 bits per heavy atom. The molecular formula is C17H22N4O4. The molecule has 8 heteroatoms. The number of H-pyrrole nitrogens is 2. The van der Waals surface area contributed by atoms with E-state index in [1.165, 1.54) is 25.3 Å². The standard InChI is InChI=1S/C17H22N4O4/c1-10-12(9-20(2)11-6-4-3-5-7-11)15-13(8-14(10)21(24)25)18-16(22)17(23)19-15/h8,11H,3-7,9H2,1-2H3,(H,18,22)(H,19,23). The van der Waals surface area contributed by atoms with Crippen molar-refractivity contribution in [1.82, 2.24) is 14.9 Å². The van der Waals surface area contributed by atoms with Gasteiger partial charge in [0.25, 0.3) is 5.69 Å². The fourth-order valence-electron chi connectivity index (χ4n) is 3.70. The summed E-state index contributed by atoms with van der Waals surface area (Å²) in [5.74, 6) is 0. The number of fused-ring (bicyclic) bond motifs is 1. The first-order chi connectivity index (χ1) is 11.9. The third-order valence-corrected chi connectivity index (χ3v) is 5.18. The van der Waals surface area contributed by atoms with Crippen molar-refractivity contribution >= 4 is 16.7 Å². The summed E-state index contributed by atoms with van der Waals surface area (Å²) in [7, 11) is 2.00. The second-order valence-corrected chi connectivity index (χ2v) is 6.79. The van der Waals surface area contributed by atoms with Crippen LogP contribution in [0.25, 0.3) is 11.0 Å². The molecule has 1 fully saturated rings. The van der Waals surface area contributed by atoms with Gasteiger partial charge in [-0.1, -0.05) is 19.3 Å². The normalized spacial score (nSPS) is 15.8. The number of rotatable bonds is 4. The van der Waals surface area contributed by atoms with Crippen LogP contribution in [-0.2, 0) is 6.54 Å². The maximum atomic E-state index is 11.8. The van der Waals surface area contributed by atoms with E-state index in [9.17, 15) is 19.7 Å². The van der Waals surface area contributed by atoms with E-state index < -0.39 is 16.0 Å². The molecule has 1 heterocycles. The quantitative estimate of drug-likeness (QED) is 0.501. The Hall–Kier alpha value is -2.48. The van der Waals surface area contributed by atoms with Crippen LogP contribution in [0, 0.1) is 17.0 Å². The highest BCUT2D eigenvalue weighted by Gasteiger charge is 2.23. The van der Waals surface area contributed by atoms with Gasteiger partial charge in [-0.25, -0.2) is 0 Å². The average molecular weight is 346 g/mol. The van der Waals surface area contributed by atoms with Gasteiger partial charge in [0.2, 0.25) is 0 Å². The molecule has 1 aromatic carbocycles. The molecule has 8 nitrogen and oxygen atoms in total. The zero-order valence-electron chi connectivity index (χ0n) is 14.4. The van der Waals surface area contributed by atoms with E-state index in [2.05, 4.69) is 14.9 Å². The number of nitro groups is 1. The van der Waals surface area contributed by atoms with Crippen LogP contribution in [0.1, 0.15) is 43.2 Å². The lowest BCUT2D eigenvalue weighted by molar-refractivity contribution is -0.385. The maximum Gasteiger partial charge on any atom is 0.314 e. The molecule has 1 saturated carbocycles. The fraction of sp³-hybridized carbons (Fsp3) is 0.529. The molecule has 1 aliphatic carbocycles. The number of aromatic amines is 2. The molecule has 1 aliphatic rings. The van der Waals surface area contributed by atoms with Crippen molar-refractivity contribution in [3.63, 3.8) is 0 Å². The first-order valence-electron chi connectivity index (χ1n) is 8.52. The number of nitro benzene ring substituents is 1. The van der Waals surface area contributed by atoms with Crippen molar-refractivity contribution in [1.29, 1.82) is 0 Å². The SMILES string of the molecule is Cc1c([N+](=O)[O-])cc2[nH]c(=O)c(=O)[nH]c2c1CN(C)C1CCCCC1. The summed E-state index contributed by atoms with van der Waals surface area (Å²) >= 11 is 0. The molecule has 25 heavy (non-hydrogen) atoms. The predicted molar refractivity (Wildman–Crippen MR) is 94.9 cm³/mol. The summed E-state index contributed by atoms with van der Waals surface area (Å²) in [6, 6.07) is 1.74. The Balaban J connectivity index is 2.12. The fourth-order valence-corrected chi connectivity index (χ4v) is 3.70. The second-order valence-electron chi connectivity index (χ2n) is 6.79. The van der Waals surface area contributed by atoms with E-state index in [1.807, 2.05) is 7.05 Å². The molecule has 0 atom stereocenters. The first-order valence-corrected chi connectivity index (χ1v) is 8.52. The monoisotopic (exact) mass is 346 g/mol. The van der Waals surface area contributed by atoms with Gasteiger partial charge in [0.1, 0.15) is 0 Å². The summed E-state index contributed by atoms with van der Waals surface area (Å²) in [4.78, 5) is 41.5. The largest absolute Gasteiger partial charge is 0.316 e. The van der Waals surface area contributed by atoms with Gasteiger partial charge in [0, 0.05) is 29.8 Å². The Morgan fingerprint density at radius 1 is 1.20 bits per heavy atom. The summed E-state index contributed by atoms with van der Waals surface area (Å²) in [6.07, 6.45) is 5.84. The maximum absolute atomic E-state index is 11.8. The number of nitrogens with zero attached hydrogens (tertiary/aromatic N) is 2. The van der Waals surface area contributed by atoms with Crippen molar-refractivity contribution in [2.75, 3.05) is 7.05 Å². The minimum atomic E-state index is -0.808. The van der Waals surface area contributed by atoms with E-state index in [-0.39, 0.29) is 11.2 Å². The van der Waals surface area contributed by atoms with Crippen LogP contribution in [-0.4, -0.2) is 32.9 Å². The third-order valence-electron chi connectivity index (χ3n) is 5.18. The van der Waals surface area contributed by atoms with Crippen LogP contribution in [0.4, 0.5) is 5.69 Å². The predicted octanol–water partition coefficient (Wildman–Crippen LogP) is 2.20. The first kappa shape index (κ1) is 17.3. The molecule has 2 N–H and O–H groups in total. The van der Waals surface area contributed by atoms with Crippen LogP contribution in [0.3, 0.4) is 0 Å². The zero-order chi connectivity index (χ0) is 18.1. The smallest absolute Gasteiger partial charge is 0.314 e. The van der Waals surface area contributed by atoms with Crippen LogP contribution in [0.2, 0.25) is 0 Å². The van der Waals surface area contributed by atoms with Crippen molar-refractivity contribution < 1.29 is 4.92 Å². The van der Waals surface area contributed by atoms with Gasteiger partial charge in [-0.2, -0.15) is 0 Å². The highest BCUT2D eigenvalue weighted by Crippen LogP contribution is 2.30. The minimum Gasteiger partial charge on any atom is -0.316 e. The summed E-state index contributed by atoms with van der Waals surface area (Å²) in [6.45, 7) is 2.17. The summed E-state index contributed by atoms with van der Waals surface area (Å²) in [5, 5.41) is 11.4. The van der Waals surface area contributed by atoms with Crippen LogP contribution >= 0.6 is 0 Å². The van der Waals surface area contributed by atoms with E-state index in [4.69, 9.17) is 0 Å². The lowest BCUT2D eigenvalue weighted by Crippen LogP contribution is -2.34. The highest BCUT2D eigenvalue weighted by atomic mass is 16.6. The molecule has 2 aromatic rings. The Kier molecular flexibility index (Phi) is 4.71. The van der Waals surface area contributed by atoms with E-state index >= 15 is 0 Å². The van der Waals surface area contributed by atoms with E-state index in [0.29, 0.717) is 29.2 Å². The molecule has 0 unspecified atom stereocenters.